The molecule has 1 aromatic carbocycles. The van der Waals surface area contributed by atoms with Gasteiger partial charge in [-0.15, -0.1) is 0 Å². The summed E-state index contributed by atoms with van der Waals surface area (Å²) in [6.45, 7) is 2.23. The number of pyridine rings is 1. The number of rotatable bonds is 5. The molecule has 2 aromatic rings. The molecule has 1 heterocycles. The van der Waals surface area contributed by atoms with Crippen LogP contribution in [-0.4, -0.2) is 17.4 Å². The molecule has 4 nitrogen and oxygen atoms in total. The van der Waals surface area contributed by atoms with Gasteiger partial charge in [-0.2, -0.15) is 0 Å². The highest BCUT2D eigenvalue weighted by atomic mass is 35.5. The van der Waals surface area contributed by atoms with Gasteiger partial charge in [0.15, 0.2) is 0 Å². The molecular formula is C15H16ClN3O. The normalized spacial score (nSPS) is 11.9. The lowest BCUT2D eigenvalue weighted by Crippen LogP contribution is -2.30. The van der Waals surface area contributed by atoms with Crippen molar-refractivity contribution < 1.29 is 4.79 Å². The first-order valence-electron chi connectivity index (χ1n) is 6.34. The van der Waals surface area contributed by atoms with Gasteiger partial charge < -0.3 is 10.6 Å². The van der Waals surface area contributed by atoms with Gasteiger partial charge in [0.2, 0.25) is 5.91 Å². The Morgan fingerprint density at radius 2 is 2.05 bits per heavy atom. The van der Waals surface area contributed by atoms with Gasteiger partial charge in [-0.25, -0.2) is 0 Å². The SMILES string of the molecule is C[C@@H](NCC(=O)Nc1cccc(Cl)c1)c1ccncc1. The third-order valence-corrected chi connectivity index (χ3v) is 3.12. The summed E-state index contributed by atoms with van der Waals surface area (Å²) >= 11 is 5.86. The van der Waals surface area contributed by atoms with Crippen LogP contribution >= 0.6 is 11.6 Å². The van der Waals surface area contributed by atoms with Crippen LogP contribution in [0.3, 0.4) is 0 Å². The molecule has 0 unspecified atom stereocenters. The van der Waals surface area contributed by atoms with E-state index in [-0.39, 0.29) is 18.5 Å². The van der Waals surface area contributed by atoms with Crippen molar-refractivity contribution in [3.8, 4) is 0 Å². The predicted octanol–water partition coefficient (Wildman–Crippen LogP) is 3.02. The topological polar surface area (TPSA) is 54.0 Å². The van der Waals surface area contributed by atoms with Gasteiger partial charge >= 0.3 is 0 Å². The van der Waals surface area contributed by atoms with Gasteiger partial charge in [0.25, 0.3) is 0 Å². The molecule has 0 aliphatic rings. The van der Waals surface area contributed by atoms with E-state index in [0.717, 1.165) is 5.56 Å². The quantitative estimate of drug-likeness (QED) is 0.889. The van der Waals surface area contributed by atoms with E-state index in [4.69, 9.17) is 11.6 Å². The molecule has 1 amide bonds. The Hall–Kier alpha value is -1.91. The second-order valence-electron chi connectivity index (χ2n) is 4.44. The summed E-state index contributed by atoms with van der Waals surface area (Å²) in [5, 5.41) is 6.55. The second-order valence-corrected chi connectivity index (χ2v) is 4.88. The Bertz CT molecular complexity index is 574. The lowest BCUT2D eigenvalue weighted by atomic mass is 10.1. The minimum Gasteiger partial charge on any atom is -0.325 e. The molecule has 0 aliphatic carbocycles. The fourth-order valence-corrected chi connectivity index (χ4v) is 1.98. The maximum Gasteiger partial charge on any atom is 0.238 e. The standard InChI is InChI=1S/C15H16ClN3O/c1-11(12-5-7-17-8-6-12)18-10-15(20)19-14-4-2-3-13(16)9-14/h2-9,11,18H,10H2,1H3,(H,19,20)/t11-/m1/s1. The molecule has 0 saturated heterocycles. The number of benzene rings is 1. The summed E-state index contributed by atoms with van der Waals surface area (Å²) < 4.78 is 0. The molecule has 20 heavy (non-hydrogen) atoms. The number of aromatic nitrogens is 1. The Morgan fingerprint density at radius 1 is 1.30 bits per heavy atom. The largest absolute Gasteiger partial charge is 0.325 e. The van der Waals surface area contributed by atoms with Crippen molar-refractivity contribution in [3.63, 3.8) is 0 Å². The average molecular weight is 290 g/mol. The average Bonchev–Trinajstić information content (AvgIpc) is 2.46. The first-order chi connectivity index (χ1) is 9.65. The molecule has 2 rings (SSSR count). The smallest absolute Gasteiger partial charge is 0.238 e. The van der Waals surface area contributed by atoms with E-state index >= 15 is 0 Å². The van der Waals surface area contributed by atoms with Crippen LogP contribution in [-0.2, 0) is 4.79 Å². The zero-order valence-corrected chi connectivity index (χ0v) is 11.9. The van der Waals surface area contributed by atoms with Crippen LogP contribution < -0.4 is 10.6 Å². The number of anilines is 1. The minimum absolute atomic E-state index is 0.0862. The van der Waals surface area contributed by atoms with Crippen molar-refractivity contribution in [1.29, 1.82) is 0 Å². The van der Waals surface area contributed by atoms with Crippen molar-refractivity contribution in [2.45, 2.75) is 13.0 Å². The Balaban J connectivity index is 1.83. The molecule has 0 saturated carbocycles. The van der Waals surface area contributed by atoms with E-state index in [0.29, 0.717) is 10.7 Å². The van der Waals surface area contributed by atoms with Gasteiger partial charge in [0.05, 0.1) is 6.54 Å². The highest BCUT2D eigenvalue weighted by Crippen LogP contribution is 2.15. The molecule has 104 valence electrons. The second kappa shape index (κ2) is 7.03. The number of halogens is 1. The third kappa shape index (κ3) is 4.33. The predicted molar refractivity (Wildman–Crippen MR) is 80.7 cm³/mol. The molecule has 0 radical (unpaired) electrons. The number of nitrogens with one attached hydrogen (secondary N) is 2. The van der Waals surface area contributed by atoms with Crippen LogP contribution in [0.2, 0.25) is 5.02 Å². The third-order valence-electron chi connectivity index (χ3n) is 2.88. The molecule has 2 N–H and O–H groups in total. The lowest BCUT2D eigenvalue weighted by molar-refractivity contribution is -0.115. The highest BCUT2D eigenvalue weighted by Gasteiger charge is 2.07. The molecule has 0 spiro atoms. The summed E-state index contributed by atoms with van der Waals surface area (Å²) in [6, 6.07) is 11.0. The van der Waals surface area contributed by atoms with Crippen molar-refractivity contribution in [3.05, 3.63) is 59.4 Å². The number of amides is 1. The van der Waals surface area contributed by atoms with Gasteiger partial charge in [0, 0.05) is 29.1 Å². The van der Waals surface area contributed by atoms with Crippen LogP contribution in [0.1, 0.15) is 18.5 Å². The zero-order chi connectivity index (χ0) is 14.4. The number of hydrogen-bond donors (Lipinski definition) is 2. The maximum absolute atomic E-state index is 11.8. The maximum atomic E-state index is 11.8. The number of nitrogens with zero attached hydrogens (tertiary/aromatic N) is 1. The van der Waals surface area contributed by atoms with Crippen LogP contribution in [0.4, 0.5) is 5.69 Å². The molecule has 0 bridgehead atoms. The van der Waals surface area contributed by atoms with Crippen LogP contribution in [0, 0.1) is 0 Å². The molecule has 0 fully saturated rings. The van der Waals surface area contributed by atoms with Crippen molar-refractivity contribution in [2.75, 3.05) is 11.9 Å². The zero-order valence-electron chi connectivity index (χ0n) is 11.1. The summed E-state index contributed by atoms with van der Waals surface area (Å²) in [7, 11) is 0. The Labute approximate surface area is 123 Å². The Morgan fingerprint density at radius 3 is 2.75 bits per heavy atom. The Kier molecular flexibility index (Phi) is 5.09. The first-order valence-corrected chi connectivity index (χ1v) is 6.71. The van der Waals surface area contributed by atoms with Crippen LogP contribution in [0.15, 0.2) is 48.8 Å². The van der Waals surface area contributed by atoms with Gasteiger partial charge in [-0.3, -0.25) is 9.78 Å². The summed E-state index contributed by atoms with van der Waals surface area (Å²) in [5.74, 6) is -0.104. The molecule has 1 atom stereocenters. The van der Waals surface area contributed by atoms with Gasteiger partial charge in [-0.05, 0) is 42.8 Å². The van der Waals surface area contributed by atoms with E-state index in [1.165, 1.54) is 0 Å². The highest BCUT2D eigenvalue weighted by molar-refractivity contribution is 6.30. The van der Waals surface area contributed by atoms with E-state index in [9.17, 15) is 4.79 Å². The monoisotopic (exact) mass is 289 g/mol. The summed E-state index contributed by atoms with van der Waals surface area (Å²) in [6.07, 6.45) is 3.47. The number of carbonyl (C=O) groups excluding carboxylic acids is 1. The van der Waals surface area contributed by atoms with Gasteiger partial charge in [0.1, 0.15) is 0 Å². The first kappa shape index (κ1) is 14.5. The fourth-order valence-electron chi connectivity index (χ4n) is 1.79. The summed E-state index contributed by atoms with van der Waals surface area (Å²) in [5.41, 5.74) is 1.79. The number of hydrogen-bond acceptors (Lipinski definition) is 3. The summed E-state index contributed by atoms with van der Waals surface area (Å²) in [4.78, 5) is 15.8. The van der Waals surface area contributed by atoms with Crippen molar-refractivity contribution in [2.24, 2.45) is 0 Å². The van der Waals surface area contributed by atoms with E-state index < -0.39 is 0 Å². The van der Waals surface area contributed by atoms with E-state index in [2.05, 4.69) is 15.6 Å². The van der Waals surface area contributed by atoms with Crippen LogP contribution in [0.5, 0.6) is 0 Å². The molecule has 5 heteroatoms. The fraction of sp³-hybridized carbons (Fsp3) is 0.200. The van der Waals surface area contributed by atoms with Gasteiger partial charge in [-0.1, -0.05) is 17.7 Å². The molecule has 0 aliphatic heterocycles. The van der Waals surface area contributed by atoms with Crippen LogP contribution in [0.25, 0.3) is 0 Å². The molecule has 1 aromatic heterocycles. The van der Waals surface area contributed by atoms with Crippen molar-refractivity contribution in [1.82, 2.24) is 10.3 Å². The van der Waals surface area contributed by atoms with Crippen molar-refractivity contribution >= 4 is 23.2 Å². The number of carbonyl (C=O) groups is 1. The van der Waals surface area contributed by atoms with E-state index in [1.54, 1.807) is 36.7 Å². The minimum atomic E-state index is -0.104. The van der Waals surface area contributed by atoms with E-state index in [1.807, 2.05) is 19.1 Å². The lowest BCUT2D eigenvalue weighted by Gasteiger charge is -2.13. The molecular weight excluding hydrogens is 274 g/mol.